The van der Waals surface area contributed by atoms with Crippen LogP contribution in [0.4, 0.5) is 0 Å². The summed E-state index contributed by atoms with van der Waals surface area (Å²) in [6.45, 7) is 0.642. The Labute approximate surface area is 200 Å². The Balaban J connectivity index is 1.47. The average Bonchev–Trinajstić information content (AvgIpc) is 3.41. The fourth-order valence-corrected chi connectivity index (χ4v) is 4.95. The Kier molecular flexibility index (Phi) is 6.12. The molecule has 3 aromatic heterocycles. The molecule has 0 saturated carbocycles. The van der Waals surface area contributed by atoms with Crippen molar-refractivity contribution in [1.82, 2.24) is 20.2 Å². The van der Waals surface area contributed by atoms with E-state index in [1.807, 2.05) is 66.7 Å². The maximum Gasteiger partial charge on any atom is 0.170 e. The van der Waals surface area contributed by atoms with Crippen LogP contribution in [0.5, 0.6) is 0 Å². The number of aromatic nitrogens is 2. The van der Waals surface area contributed by atoms with Gasteiger partial charge in [-0.3, -0.25) is 9.97 Å². The molecule has 160 valence electrons. The summed E-state index contributed by atoms with van der Waals surface area (Å²) in [5, 5.41) is 5.65. The molecule has 1 aliphatic rings. The summed E-state index contributed by atoms with van der Waals surface area (Å²) in [6, 6.07) is 21.4. The number of halogens is 1. The first kappa shape index (κ1) is 21.0. The van der Waals surface area contributed by atoms with E-state index in [4.69, 9.17) is 28.2 Å². The van der Waals surface area contributed by atoms with Crippen LogP contribution in [0.1, 0.15) is 29.1 Å². The summed E-state index contributed by atoms with van der Waals surface area (Å²) in [5.41, 5.74) is 2.04. The molecule has 0 unspecified atom stereocenters. The molecule has 1 aliphatic heterocycles. The van der Waals surface area contributed by atoms with Gasteiger partial charge in [-0.25, -0.2) is 0 Å². The number of hydrogen-bond donors (Lipinski definition) is 1. The van der Waals surface area contributed by atoms with Crippen molar-refractivity contribution in [2.24, 2.45) is 0 Å². The number of thiocarbonyl (C=S) groups is 1. The molecule has 0 spiro atoms. The number of rotatable bonds is 6. The van der Waals surface area contributed by atoms with Gasteiger partial charge < -0.3 is 14.6 Å². The minimum Gasteiger partial charge on any atom is -0.452 e. The van der Waals surface area contributed by atoms with E-state index in [9.17, 15) is 0 Å². The molecule has 0 aliphatic carbocycles. The molecule has 1 fully saturated rings. The average molecular weight is 479 g/mol. The van der Waals surface area contributed by atoms with Crippen LogP contribution < -0.4 is 5.32 Å². The van der Waals surface area contributed by atoms with Gasteiger partial charge in [0, 0.05) is 35.1 Å². The third-order valence-corrected chi connectivity index (χ3v) is 6.76. The third kappa shape index (κ3) is 4.50. The molecule has 5 nitrogen and oxygen atoms in total. The standard InChI is InChI=1S/C24H19ClN4OS2/c25-17-4-6-18(7-5-17)32-21-9-8-20(30-21)23-22(19-3-1-2-12-27-19)28-24(31)29(23)15-16-10-13-26-14-11-16/h1-14,22-23H,15H2,(H,28,31)/t22-,23+/m1/s1. The molecule has 5 rings (SSSR count). The van der Waals surface area contributed by atoms with Crippen molar-refractivity contribution in [3.05, 3.63) is 107 Å². The molecule has 0 radical (unpaired) electrons. The first-order chi connectivity index (χ1) is 15.7. The summed E-state index contributed by atoms with van der Waals surface area (Å²) < 4.78 is 6.32. The van der Waals surface area contributed by atoms with Crippen molar-refractivity contribution in [2.75, 3.05) is 0 Å². The van der Waals surface area contributed by atoms with Gasteiger partial charge in [0.15, 0.2) is 10.2 Å². The summed E-state index contributed by atoms with van der Waals surface area (Å²) >= 11 is 13.3. The molecule has 1 N–H and O–H groups in total. The predicted octanol–water partition coefficient (Wildman–Crippen LogP) is 6.05. The van der Waals surface area contributed by atoms with Crippen molar-refractivity contribution in [3.63, 3.8) is 0 Å². The quantitative estimate of drug-likeness (QED) is 0.338. The van der Waals surface area contributed by atoms with Crippen molar-refractivity contribution in [2.45, 2.75) is 28.6 Å². The van der Waals surface area contributed by atoms with Crippen LogP contribution in [0.3, 0.4) is 0 Å². The fraction of sp³-hybridized carbons (Fsp3) is 0.125. The van der Waals surface area contributed by atoms with Crippen LogP contribution in [-0.2, 0) is 6.54 Å². The van der Waals surface area contributed by atoms with E-state index in [2.05, 4.69) is 20.2 Å². The predicted molar refractivity (Wildman–Crippen MR) is 130 cm³/mol. The van der Waals surface area contributed by atoms with Crippen LogP contribution in [0.2, 0.25) is 5.02 Å². The van der Waals surface area contributed by atoms with Gasteiger partial charge in [0.1, 0.15) is 11.8 Å². The molecule has 0 bridgehead atoms. The maximum atomic E-state index is 6.32. The molecule has 32 heavy (non-hydrogen) atoms. The van der Waals surface area contributed by atoms with E-state index in [1.54, 1.807) is 30.4 Å². The Hall–Kier alpha value is -2.87. The van der Waals surface area contributed by atoms with E-state index in [0.29, 0.717) is 16.7 Å². The molecule has 4 aromatic rings. The molecule has 2 atom stereocenters. The molecular weight excluding hydrogens is 460 g/mol. The summed E-state index contributed by atoms with van der Waals surface area (Å²) in [4.78, 5) is 11.9. The Morgan fingerprint density at radius 1 is 1.00 bits per heavy atom. The van der Waals surface area contributed by atoms with Crippen molar-refractivity contribution >= 4 is 40.7 Å². The second-order valence-corrected chi connectivity index (χ2v) is 9.22. The molecule has 8 heteroatoms. The zero-order valence-corrected chi connectivity index (χ0v) is 19.3. The smallest absolute Gasteiger partial charge is 0.170 e. The van der Waals surface area contributed by atoms with Gasteiger partial charge in [0.25, 0.3) is 0 Å². The number of benzene rings is 1. The van der Waals surface area contributed by atoms with Gasteiger partial charge in [-0.2, -0.15) is 0 Å². The van der Waals surface area contributed by atoms with E-state index in [0.717, 1.165) is 27.0 Å². The largest absolute Gasteiger partial charge is 0.452 e. The van der Waals surface area contributed by atoms with Gasteiger partial charge in [-0.05, 0) is 78.4 Å². The topological polar surface area (TPSA) is 54.2 Å². The van der Waals surface area contributed by atoms with Crippen LogP contribution >= 0.6 is 35.6 Å². The van der Waals surface area contributed by atoms with Crippen LogP contribution in [0.25, 0.3) is 0 Å². The molecule has 1 saturated heterocycles. The third-order valence-electron chi connectivity index (χ3n) is 5.23. The summed E-state index contributed by atoms with van der Waals surface area (Å²) in [7, 11) is 0. The summed E-state index contributed by atoms with van der Waals surface area (Å²) in [6.07, 6.45) is 5.38. The highest BCUT2D eigenvalue weighted by Gasteiger charge is 2.41. The molecule has 1 aromatic carbocycles. The number of pyridine rings is 2. The van der Waals surface area contributed by atoms with Gasteiger partial charge in [0.05, 0.1) is 11.7 Å². The lowest BCUT2D eigenvalue weighted by molar-refractivity contribution is 0.254. The van der Waals surface area contributed by atoms with Crippen LogP contribution in [-0.4, -0.2) is 20.0 Å². The van der Waals surface area contributed by atoms with E-state index in [-0.39, 0.29) is 12.1 Å². The van der Waals surface area contributed by atoms with Crippen molar-refractivity contribution in [3.8, 4) is 0 Å². The molecule has 4 heterocycles. The lowest BCUT2D eigenvalue weighted by Crippen LogP contribution is -2.29. The monoisotopic (exact) mass is 478 g/mol. The van der Waals surface area contributed by atoms with Gasteiger partial charge in [-0.1, -0.05) is 29.4 Å². The Morgan fingerprint density at radius 3 is 2.56 bits per heavy atom. The minimum atomic E-state index is -0.134. The molecule has 0 amide bonds. The maximum absolute atomic E-state index is 6.32. The van der Waals surface area contributed by atoms with Crippen molar-refractivity contribution in [1.29, 1.82) is 0 Å². The number of furan rings is 1. The lowest BCUT2D eigenvalue weighted by Gasteiger charge is -2.26. The minimum absolute atomic E-state index is 0.120. The Bertz CT molecular complexity index is 1200. The highest BCUT2D eigenvalue weighted by molar-refractivity contribution is 7.99. The molecular formula is C24H19ClN4OS2. The van der Waals surface area contributed by atoms with Gasteiger partial charge >= 0.3 is 0 Å². The first-order valence-electron chi connectivity index (χ1n) is 10.1. The van der Waals surface area contributed by atoms with E-state index >= 15 is 0 Å². The van der Waals surface area contributed by atoms with E-state index < -0.39 is 0 Å². The number of hydrogen-bond acceptors (Lipinski definition) is 5. The first-order valence-corrected chi connectivity index (χ1v) is 11.7. The zero-order chi connectivity index (χ0) is 21.9. The highest BCUT2D eigenvalue weighted by Crippen LogP contribution is 2.41. The number of nitrogens with zero attached hydrogens (tertiary/aromatic N) is 3. The highest BCUT2D eigenvalue weighted by atomic mass is 35.5. The second kappa shape index (κ2) is 9.32. The number of nitrogens with one attached hydrogen (secondary N) is 1. The zero-order valence-electron chi connectivity index (χ0n) is 16.9. The SMILES string of the molecule is S=C1N[C@H](c2ccccn2)[C@H](c2ccc(Sc3ccc(Cl)cc3)o2)N1Cc1ccncc1. The van der Waals surface area contributed by atoms with Crippen molar-refractivity contribution < 1.29 is 4.42 Å². The normalized spacial score (nSPS) is 18.0. The Morgan fingerprint density at radius 2 is 1.81 bits per heavy atom. The van der Waals surface area contributed by atoms with E-state index in [1.165, 1.54) is 0 Å². The lowest BCUT2D eigenvalue weighted by atomic mass is 10.0. The van der Waals surface area contributed by atoms with Gasteiger partial charge in [0.2, 0.25) is 0 Å². The summed E-state index contributed by atoms with van der Waals surface area (Å²) in [5.74, 6) is 0.832. The van der Waals surface area contributed by atoms with Crippen LogP contribution in [0.15, 0.2) is 99.7 Å². The van der Waals surface area contributed by atoms with Crippen LogP contribution in [0, 0.1) is 0 Å². The van der Waals surface area contributed by atoms with Gasteiger partial charge in [-0.15, -0.1) is 0 Å². The second-order valence-electron chi connectivity index (χ2n) is 7.32. The fourth-order valence-electron chi connectivity index (χ4n) is 3.74.